The van der Waals surface area contributed by atoms with E-state index in [9.17, 15) is 13.2 Å². The van der Waals surface area contributed by atoms with Crippen LogP contribution in [0.1, 0.15) is 15.9 Å². The average Bonchev–Trinajstić information content (AvgIpc) is 3.19. The lowest BCUT2D eigenvalue weighted by atomic mass is 10.2. The summed E-state index contributed by atoms with van der Waals surface area (Å²) >= 11 is 7.44. The van der Waals surface area contributed by atoms with Crippen LogP contribution in [0, 0.1) is 6.92 Å². The molecule has 0 radical (unpaired) electrons. The van der Waals surface area contributed by atoms with E-state index in [0.29, 0.717) is 26.1 Å². The largest absolute Gasteiger partial charge is 0.494 e. The number of nitrogens with one attached hydrogen (secondary N) is 2. The summed E-state index contributed by atoms with van der Waals surface area (Å²) in [4.78, 5) is 17.5. The molecule has 32 heavy (non-hydrogen) atoms. The fraction of sp³-hybridized carbons (Fsp3) is 0.0909. The van der Waals surface area contributed by atoms with Crippen LogP contribution < -0.4 is 14.8 Å². The second-order valence-corrected chi connectivity index (χ2v) is 9.95. The molecule has 0 saturated heterocycles. The van der Waals surface area contributed by atoms with Crippen molar-refractivity contribution < 1.29 is 17.9 Å². The summed E-state index contributed by atoms with van der Waals surface area (Å²) in [5.74, 6) is 0.0220. The molecule has 0 spiro atoms. The van der Waals surface area contributed by atoms with Gasteiger partial charge in [-0.25, -0.2) is 13.4 Å². The number of hydrogen-bond acceptors (Lipinski definition) is 6. The average molecular weight is 488 g/mol. The van der Waals surface area contributed by atoms with Gasteiger partial charge in [0.1, 0.15) is 11.3 Å². The molecule has 0 fully saturated rings. The monoisotopic (exact) mass is 487 g/mol. The van der Waals surface area contributed by atoms with Crippen LogP contribution in [0.25, 0.3) is 10.2 Å². The predicted molar refractivity (Wildman–Crippen MR) is 128 cm³/mol. The summed E-state index contributed by atoms with van der Waals surface area (Å²) < 4.78 is 34.1. The third-order valence-electron chi connectivity index (χ3n) is 4.65. The molecule has 0 bridgehead atoms. The maximum absolute atomic E-state index is 13.0. The van der Waals surface area contributed by atoms with E-state index < -0.39 is 15.9 Å². The van der Waals surface area contributed by atoms with Crippen molar-refractivity contribution in [3.05, 3.63) is 76.8 Å². The van der Waals surface area contributed by atoms with Crippen LogP contribution in [0.2, 0.25) is 5.02 Å². The predicted octanol–water partition coefficient (Wildman–Crippen LogP) is 5.32. The minimum Gasteiger partial charge on any atom is -0.494 e. The van der Waals surface area contributed by atoms with Gasteiger partial charge in [0.2, 0.25) is 0 Å². The molecular weight excluding hydrogens is 470 g/mol. The van der Waals surface area contributed by atoms with E-state index in [2.05, 4.69) is 15.0 Å². The first kappa shape index (κ1) is 22.1. The zero-order valence-electron chi connectivity index (χ0n) is 17.0. The molecule has 0 aliphatic rings. The minimum absolute atomic E-state index is 0.103. The molecule has 1 aromatic heterocycles. The summed E-state index contributed by atoms with van der Waals surface area (Å²) in [5, 5.41) is 3.52. The number of anilines is 2. The molecule has 2 N–H and O–H groups in total. The van der Waals surface area contributed by atoms with Gasteiger partial charge in [-0.1, -0.05) is 52.8 Å². The Labute approximate surface area is 194 Å². The fourth-order valence-corrected chi connectivity index (χ4v) is 5.26. The van der Waals surface area contributed by atoms with Crippen LogP contribution in [-0.4, -0.2) is 26.4 Å². The number of para-hydroxylation sites is 1. The number of methoxy groups -OCH3 is 1. The molecule has 10 heteroatoms. The quantitative estimate of drug-likeness (QED) is 0.383. The Morgan fingerprint density at radius 2 is 1.78 bits per heavy atom. The lowest BCUT2D eigenvalue weighted by molar-refractivity contribution is 0.102. The summed E-state index contributed by atoms with van der Waals surface area (Å²) in [6.45, 7) is 1.87. The molecule has 164 valence electrons. The van der Waals surface area contributed by atoms with Crippen LogP contribution >= 0.6 is 22.9 Å². The molecule has 4 rings (SSSR count). The van der Waals surface area contributed by atoms with Crippen LogP contribution in [0.4, 0.5) is 10.8 Å². The Bertz CT molecular complexity index is 1420. The first-order valence-electron chi connectivity index (χ1n) is 9.41. The molecule has 0 aliphatic carbocycles. The van der Waals surface area contributed by atoms with E-state index in [1.54, 1.807) is 36.4 Å². The van der Waals surface area contributed by atoms with E-state index in [-0.39, 0.29) is 16.1 Å². The highest BCUT2D eigenvalue weighted by Gasteiger charge is 2.20. The van der Waals surface area contributed by atoms with Crippen molar-refractivity contribution >= 4 is 59.9 Å². The Balaban J connectivity index is 1.63. The van der Waals surface area contributed by atoms with E-state index in [0.717, 1.165) is 5.56 Å². The lowest BCUT2D eigenvalue weighted by Gasteiger charge is -2.12. The SMILES string of the molecule is COc1ccc(Cl)c2sc(NC(=O)c3ccccc3NS(=O)(=O)c3ccc(C)cc3)nc12. The number of carbonyl (C=O) groups is 1. The minimum atomic E-state index is -3.87. The standard InChI is InChI=1S/C22H18ClN3O4S2/c1-13-7-9-14(10-8-13)32(28,29)26-17-6-4-3-5-15(17)21(27)25-22-24-19-18(30-2)12-11-16(23)20(19)31-22/h3-12,26H,1-2H3,(H,24,25,27). The summed E-state index contributed by atoms with van der Waals surface area (Å²) in [5.41, 5.74) is 1.78. The fourth-order valence-electron chi connectivity index (χ4n) is 3.03. The highest BCUT2D eigenvalue weighted by Crippen LogP contribution is 2.37. The molecule has 0 aliphatic heterocycles. The number of carbonyl (C=O) groups excluding carboxylic acids is 1. The first-order chi connectivity index (χ1) is 15.3. The van der Waals surface area contributed by atoms with Crippen LogP contribution in [0.5, 0.6) is 5.75 Å². The third kappa shape index (κ3) is 4.40. The molecule has 1 amide bonds. The van der Waals surface area contributed by atoms with Crippen LogP contribution in [-0.2, 0) is 10.0 Å². The number of amides is 1. The zero-order chi connectivity index (χ0) is 22.9. The highest BCUT2D eigenvalue weighted by atomic mass is 35.5. The second-order valence-electron chi connectivity index (χ2n) is 6.86. The van der Waals surface area contributed by atoms with Crippen LogP contribution in [0.3, 0.4) is 0 Å². The van der Waals surface area contributed by atoms with Crippen molar-refractivity contribution in [2.45, 2.75) is 11.8 Å². The number of fused-ring (bicyclic) bond motifs is 1. The van der Waals surface area contributed by atoms with Crippen LogP contribution in [0.15, 0.2) is 65.6 Å². The maximum Gasteiger partial charge on any atom is 0.261 e. The van der Waals surface area contributed by atoms with E-state index >= 15 is 0 Å². The van der Waals surface area contributed by atoms with Gasteiger partial charge in [0.25, 0.3) is 15.9 Å². The first-order valence-corrected chi connectivity index (χ1v) is 12.1. The number of benzene rings is 3. The van der Waals surface area contributed by atoms with Crippen molar-refractivity contribution in [1.82, 2.24) is 4.98 Å². The van der Waals surface area contributed by atoms with Gasteiger partial charge in [-0.05, 0) is 43.3 Å². The molecule has 1 heterocycles. The van der Waals surface area contributed by atoms with Crippen molar-refractivity contribution in [3.63, 3.8) is 0 Å². The van der Waals surface area contributed by atoms with Gasteiger partial charge in [0.05, 0.1) is 33.0 Å². The van der Waals surface area contributed by atoms with Gasteiger partial charge in [-0.15, -0.1) is 0 Å². The van der Waals surface area contributed by atoms with Crippen molar-refractivity contribution in [2.75, 3.05) is 17.1 Å². The van der Waals surface area contributed by atoms with E-state index in [1.165, 1.54) is 42.7 Å². The van der Waals surface area contributed by atoms with Crippen molar-refractivity contribution in [3.8, 4) is 5.75 Å². The summed E-state index contributed by atoms with van der Waals surface area (Å²) in [6, 6.07) is 16.2. The summed E-state index contributed by atoms with van der Waals surface area (Å²) in [6.07, 6.45) is 0. The number of hydrogen-bond donors (Lipinski definition) is 2. The van der Waals surface area contributed by atoms with Gasteiger partial charge >= 0.3 is 0 Å². The third-order valence-corrected chi connectivity index (χ3v) is 7.46. The van der Waals surface area contributed by atoms with Gasteiger partial charge in [0, 0.05) is 0 Å². The normalized spacial score (nSPS) is 11.3. The van der Waals surface area contributed by atoms with Gasteiger partial charge in [-0.2, -0.15) is 0 Å². The second kappa shape index (κ2) is 8.78. The molecule has 0 unspecified atom stereocenters. The van der Waals surface area contributed by atoms with Crippen molar-refractivity contribution in [2.24, 2.45) is 0 Å². The maximum atomic E-state index is 13.0. The number of nitrogens with zero attached hydrogens (tertiary/aromatic N) is 1. The molecule has 7 nitrogen and oxygen atoms in total. The zero-order valence-corrected chi connectivity index (χ0v) is 19.4. The number of halogens is 1. The Morgan fingerprint density at radius 3 is 2.50 bits per heavy atom. The Morgan fingerprint density at radius 1 is 1.06 bits per heavy atom. The molecule has 4 aromatic rings. The van der Waals surface area contributed by atoms with Gasteiger partial charge in [-0.3, -0.25) is 14.8 Å². The van der Waals surface area contributed by atoms with Gasteiger partial charge < -0.3 is 4.74 Å². The number of ether oxygens (including phenoxy) is 1. The number of sulfonamides is 1. The lowest BCUT2D eigenvalue weighted by Crippen LogP contribution is -2.18. The topological polar surface area (TPSA) is 97.4 Å². The van der Waals surface area contributed by atoms with E-state index in [4.69, 9.17) is 16.3 Å². The highest BCUT2D eigenvalue weighted by molar-refractivity contribution is 7.92. The molecule has 3 aromatic carbocycles. The smallest absolute Gasteiger partial charge is 0.261 e. The molecule has 0 atom stereocenters. The number of thiazole rings is 1. The van der Waals surface area contributed by atoms with E-state index in [1.807, 2.05) is 6.92 Å². The number of rotatable bonds is 6. The summed E-state index contributed by atoms with van der Waals surface area (Å²) in [7, 11) is -2.35. The Kier molecular flexibility index (Phi) is 6.05. The van der Waals surface area contributed by atoms with Gasteiger partial charge in [0.15, 0.2) is 5.13 Å². The molecular formula is C22H18ClN3O4S2. The van der Waals surface area contributed by atoms with Crippen molar-refractivity contribution in [1.29, 1.82) is 0 Å². The number of aryl methyl sites for hydroxylation is 1. The Hall–Kier alpha value is -3.14. The number of aromatic nitrogens is 1. The molecule has 0 saturated carbocycles.